The van der Waals surface area contributed by atoms with Crippen molar-refractivity contribution in [3.05, 3.63) is 63.5 Å². The van der Waals surface area contributed by atoms with E-state index in [-0.39, 0.29) is 41.5 Å². The Balaban J connectivity index is 1.83. The Morgan fingerprint density at radius 3 is 2.48 bits per heavy atom. The Morgan fingerprint density at radius 2 is 1.88 bits per heavy atom. The topological polar surface area (TPSA) is 117 Å². The van der Waals surface area contributed by atoms with Gasteiger partial charge in [-0.05, 0) is 45.4 Å². The number of benzene rings is 1. The largest absolute Gasteiger partial charge is 0.474 e. The highest BCUT2D eigenvalue weighted by atomic mass is 32.1. The van der Waals surface area contributed by atoms with Crippen molar-refractivity contribution in [1.82, 2.24) is 9.38 Å². The number of amides is 1. The van der Waals surface area contributed by atoms with Crippen molar-refractivity contribution >= 4 is 41.5 Å². The number of pyridine rings is 1. The van der Waals surface area contributed by atoms with Gasteiger partial charge in [-0.1, -0.05) is 6.92 Å². The van der Waals surface area contributed by atoms with Gasteiger partial charge in [0.15, 0.2) is 23.6 Å². The number of ether oxygens (including phenoxy) is 2. The van der Waals surface area contributed by atoms with Gasteiger partial charge in [-0.2, -0.15) is 18.4 Å². The van der Waals surface area contributed by atoms with Crippen molar-refractivity contribution in [2.75, 3.05) is 23.0 Å². The number of fused-ring (bicyclic) bond motifs is 1. The summed E-state index contributed by atoms with van der Waals surface area (Å²) in [5.41, 5.74) is -5.88. The number of hydrogen-bond donors (Lipinski definition) is 1. The smallest absolute Gasteiger partial charge is 0.417 e. The molecule has 3 aromatic rings. The molecule has 1 amide bonds. The van der Waals surface area contributed by atoms with Crippen molar-refractivity contribution in [2.24, 2.45) is 0 Å². The third kappa shape index (κ3) is 5.22. The molecule has 1 saturated heterocycles. The van der Waals surface area contributed by atoms with Crippen LogP contribution in [0.4, 0.5) is 28.9 Å². The molecule has 0 N–H and O–H groups in total. The molecule has 1 aromatic carbocycles. The van der Waals surface area contributed by atoms with E-state index < -0.39 is 58.2 Å². The van der Waals surface area contributed by atoms with Crippen LogP contribution in [0.2, 0.25) is 0 Å². The summed E-state index contributed by atoms with van der Waals surface area (Å²) in [7, 11) is 0. The molecule has 1 atom stereocenters. The number of thiol groups is 1. The number of aromatic nitrogens is 2. The van der Waals surface area contributed by atoms with Crippen LogP contribution in [0, 0.1) is 17.1 Å². The number of hydrogen-bond acceptors (Lipinski definition) is 9. The number of nitrogens with zero attached hydrogens (tertiary/aromatic N) is 5. The van der Waals surface area contributed by atoms with E-state index in [0.717, 1.165) is 21.4 Å². The first-order valence-electron chi connectivity index (χ1n) is 12.6. The van der Waals surface area contributed by atoms with Crippen LogP contribution in [-0.2, 0) is 26.9 Å². The molecule has 42 heavy (non-hydrogen) atoms. The number of nitriles is 1. The van der Waals surface area contributed by atoms with Crippen molar-refractivity contribution in [3.63, 3.8) is 0 Å². The number of anilines is 2. The molecule has 4 rings (SSSR count). The van der Waals surface area contributed by atoms with Gasteiger partial charge >= 0.3 is 17.7 Å². The second kappa shape index (κ2) is 11.2. The lowest BCUT2D eigenvalue weighted by atomic mass is 10.0. The van der Waals surface area contributed by atoms with Crippen LogP contribution in [0.5, 0.6) is 5.75 Å². The average molecular weight is 608 g/mol. The van der Waals surface area contributed by atoms with Crippen LogP contribution < -0.4 is 20.1 Å². The van der Waals surface area contributed by atoms with E-state index in [1.807, 2.05) is 0 Å². The molecule has 222 valence electrons. The summed E-state index contributed by atoms with van der Waals surface area (Å²) in [4.78, 5) is 45.3. The van der Waals surface area contributed by atoms with E-state index in [2.05, 4.69) is 17.6 Å². The summed E-state index contributed by atoms with van der Waals surface area (Å²) in [5, 5.41) is 9.13. The minimum Gasteiger partial charge on any atom is -0.474 e. The zero-order valence-corrected chi connectivity index (χ0v) is 23.7. The molecule has 1 unspecified atom stereocenters. The zero-order valence-electron chi connectivity index (χ0n) is 22.8. The van der Waals surface area contributed by atoms with Gasteiger partial charge in [-0.3, -0.25) is 18.9 Å². The maximum Gasteiger partial charge on any atom is 0.417 e. The second-order valence-electron chi connectivity index (χ2n) is 9.67. The van der Waals surface area contributed by atoms with Crippen LogP contribution >= 0.6 is 12.6 Å². The van der Waals surface area contributed by atoms with E-state index in [1.165, 1.54) is 37.1 Å². The van der Waals surface area contributed by atoms with Crippen molar-refractivity contribution in [3.8, 4) is 11.8 Å². The maximum atomic E-state index is 15.5. The predicted molar refractivity (Wildman–Crippen MR) is 146 cm³/mol. The molecule has 2 aromatic heterocycles. The minimum atomic E-state index is -4.87. The molecule has 0 saturated carbocycles. The van der Waals surface area contributed by atoms with Crippen LogP contribution in [0.3, 0.4) is 0 Å². The van der Waals surface area contributed by atoms with Crippen LogP contribution in [0.1, 0.15) is 44.5 Å². The Hall–Kier alpha value is -4.32. The number of carbonyl (C=O) groups excluding carboxylic acids is 2. The van der Waals surface area contributed by atoms with E-state index in [1.54, 1.807) is 13.8 Å². The Labute approximate surface area is 242 Å². The molecule has 0 radical (unpaired) electrons. The maximum absolute atomic E-state index is 15.5. The van der Waals surface area contributed by atoms with E-state index in [0.29, 0.717) is 6.07 Å². The quantitative estimate of drug-likeness (QED) is 0.243. The molecule has 15 heteroatoms. The van der Waals surface area contributed by atoms with Gasteiger partial charge in [0.2, 0.25) is 5.75 Å². The number of carbonyl (C=O) groups is 2. The number of rotatable bonds is 7. The van der Waals surface area contributed by atoms with E-state index >= 15 is 4.39 Å². The summed E-state index contributed by atoms with van der Waals surface area (Å²) in [6, 6.07) is 5.33. The van der Waals surface area contributed by atoms with Crippen molar-refractivity contribution in [2.45, 2.75) is 51.3 Å². The molecule has 10 nitrogen and oxygen atoms in total. The Morgan fingerprint density at radius 1 is 1.19 bits per heavy atom. The van der Waals surface area contributed by atoms with E-state index in [4.69, 9.17) is 14.7 Å². The lowest BCUT2D eigenvalue weighted by Gasteiger charge is -2.33. The monoisotopic (exact) mass is 607 g/mol. The number of esters is 1. The van der Waals surface area contributed by atoms with Gasteiger partial charge in [0.25, 0.3) is 5.91 Å². The average Bonchev–Trinajstić information content (AvgIpc) is 3.10. The molecule has 0 spiro atoms. The number of alkyl halides is 3. The lowest BCUT2D eigenvalue weighted by Crippen LogP contribution is -2.45. The summed E-state index contributed by atoms with van der Waals surface area (Å²) < 4.78 is 67.5. The summed E-state index contributed by atoms with van der Waals surface area (Å²) >= 11 is 4.50. The van der Waals surface area contributed by atoms with Crippen molar-refractivity contribution < 1.29 is 36.6 Å². The van der Waals surface area contributed by atoms with Gasteiger partial charge in [-0.25, -0.2) is 14.2 Å². The van der Waals surface area contributed by atoms with E-state index in [9.17, 15) is 27.6 Å². The van der Waals surface area contributed by atoms with Crippen LogP contribution in [-0.4, -0.2) is 45.5 Å². The predicted octanol–water partition coefficient (Wildman–Crippen LogP) is 4.07. The van der Waals surface area contributed by atoms with Crippen LogP contribution in [0.25, 0.3) is 5.65 Å². The fourth-order valence-corrected chi connectivity index (χ4v) is 5.35. The molecule has 0 bridgehead atoms. The standard InChI is InChI=1S/C27H25F4N5O5S/c1-5-19-21(41-13-20(37)40-6-2)23(38)34-12-16(10-18(28)22(34)33-19)36-25(42)35(24(39)26(36,3)4)15-8-7-14(11-32)17(9-15)27(29,30)31/h7-10,12,25,42H,5-6,13H2,1-4H3. The summed E-state index contributed by atoms with van der Waals surface area (Å²) in [6.45, 7) is 5.70. The summed E-state index contributed by atoms with van der Waals surface area (Å²) in [6.07, 6.45) is -3.49. The molecular formula is C27H25F4N5O5S. The van der Waals surface area contributed by atoms with Gasteiger partial charge in [0.1, 0.15) is 5.54 Å². The summed E-state index contributed by atoms with van der Waals surface area (Å²) in [5.74, 6) is -2.63. The minimum absolute atomic E-state index is 0.0185. The van der Waals surface area contributed by atoms with Crippen molar-refractivity contribution in [1.29, 1.82) is 5.26 Å². The molecule has 3 heterocycles. The first-order chi connectivity index (χ1) is 19.7. The Kier molecular flexibility index (Phi) is 8.14. The van der Waals surface area contributed by atoms with Gasteiger partial charge in [0, 0.05) is 18.0 Å². The first-order valence-corrected chi connectivity index (χ1v) is 13.1. The van der Waals surface area contributed by atoms with Gasteiger partial charge in [-0.15, -0.1) is 12.6 Å². The van der Waals surface area contributed by atoms with Gasteiger partial charge < -0.3 is 14.4 Å². The SMILES string of the molecule is CCOC(=O)COc1c(CC)nc2c(F)cc(N3C(S)N(c4ccc(C#N)c(C(F)(F)F)c4)C(=O)C3(C)C)cn2c1=O. The lowest BCUT2D eigenvalue weighted by molar-refractivity contribution is -0.145. The second-order valence-corrected chi connectivity index (χ2v) is 10.1. The molecule has 0 aliphatic carbocycles. The third-order valence-electron chi connectivity index (χ3n) is 6.66. The Bertz CT molecular complexity index is 1680. The zero-order chi connectivity index (χ0) is 31.1. The fraction of sp³-hybridized carbons (Fsp3) is 0.370. The number of halogens is 4. The molecule has 1 aliphatic rings. The van der Waals surface area contributed by atoms with Gasteiger partial charge in [0.05, 0.1) is 35.2 Å². The normalized spacial score (nSPS) is 16.6. The number of aryl methyl sites for hydroxylation is 1. The highest BCUT2D eigenvalue weighted by Gasteiger charge is 2.52. The highest BCUT2D eigenvalue weighted by Crippen LogP contribution is 2.42. The van der Waals surface area contributed by atoms with Crippen LogP contribution in [0.15, 0.2) is 35.3 Å². The third-order valence-corrected chi connectivity index (χ3v) is 7.12. The fourth-order valence-electron chi connectivity index (χ4n) is 4.69. The molecule has 1 aliphatic heterocycles. The molecule has 1 fully saturated rings. The first kappa shape index (κ1) is 30.6. The molecular weight excluding hydrogens is 582 g/mol. The highest BCUT2D eigenvalue weighted by molar-refractivity contribution is 7.81.